The Morgan fingerprint density at radius 1 is 1.07 bits per heavy atom. The number of anilines is 1. The lowest BCUT2D eigenvalue weighted by atomic mass is 9.93. The zero-order chi connectivity index (χ0) is 20.9. The summed E-state index contributed by atoms with van der Waals surface area (Å²) >= 11 is 0. The molecule has 2 aromatic rings. The number of benzene rings is 2. The summed E-state index contributed by atoms with van der Waals surface area (Å²) in [5.41, 5.74) is 3.10. The predicted molar refractivity (Wildman–Crippen MR) is 97.1 cm³/mol. The molecule has 0 radical (unpaired) electrons. The van der Waals surface area contributed by atoms with Gasteiger partial charge in [-0.05, 0) is 50.1 Å². The molecule has 0 aliphatic heterocycles. The Labute approximate surface area is 160 Å². The van der Waals surface area contributed by atoms with Crippen molar-refractivity contribution in [3.63, 3.8) is 0 Å². The maximum absolute atomic E-state index is 12.6. The molecule has 5 nitrogen and oxygen atoms in total. The third-order valence-corrected chi connectivity index (χ3v) is 3.91. The molecule has 0 unspecified atom stereocenters. The minimum atomic E-state index is -4.80. The van der Waals surface area contributed by atoms with Crippen LogP contribution in [0.3, 0.4) is 0 Å². The quantitative estimate of drug-likeness (QED) is 0.725. The van der Waals surface area contributed by atoms with Gasteiger partial charge in [0.25, 0.3) is 0 Å². The Kier molecular flexibility index (Phi) is 6.66. The number of rotatable bonds is 7. The maximum atomic E-state index is 12.6. The summed E-state index contributed by atoms with van der Waals surface area (Å²) in [6.45, 7) is 3.82. The molecule has 1 atom stereocenters. The van der Waals surface area contributed by atoms with Gasteiger partial charge in [-0.15, -0.1) is 13.2 Å². The van der Waals surface area contributed by atoms with Gasteiger partial charge < -0.3 is 15.2 Å². The van der Waals surface area contributed by atoms with Crippen LogP contribution in [0.5, 0.6) is 5.75 Å². The number of alkyl halides is 3. The van der Waals surface area contributed by atoms with Gasteiger partial charge in [0.15, 0.2) is 0 Å². The van der Waals surface area contributed by atoms with Gasteiger partial charge in [0.2, 0.25) is 5.91 Å². The Balaban J connectivity index is 2.11. The first-order chi connectivity index (χ1) is 13.0. The van der Waals surface area contributed by atoms with Crippen molar-refractivity contribution in [2.75, 3.05) is 5.32 Å². The fourth-order valence-corrected chi connectivity index (χ4v) is 2.92. The Morgan fingerprint density at radius 3 is 2.14 bits per heavy atom. The molecule has 150 valence electrons. The topological polar surface area (TPSA) is 75.6 Å². The minimum absolute atomic E-state index is 0.232. The Hall–Kier alpha value is -3.03. The van der Waals surface area contributed by atoms with E-state index in [-0.39, 0.29) is 18.5 Å². The average molecular weight is 395 g/mol. The van der Waals surface area contributed by atoms with Crippen LogP contribution in [0.2, 0.25) is 0 Å². The predicted octanol–water partition coefficient (Wildman–Crippen LogP) is 4.47. The van der Waals surface area contributed by atoms with Crippen molar-refractivity contribution in [1.29, 1.82) is 0 Å². The van der Waals surface area contributed by atoms with E-state index in [0.717, 1.165) is 28.8 Å². The van der Waals surface area contributed by atoms with E-state index in [9.17, 15) is 22.8 Å². The average Bonchev–Trinajstić information content (AvgIpc) is 2.53. The molecule has 0 heterocycles. The molecule has 0 aromatic heterocycles. The largest absolute Gasteiger partial charge is 0.573 e. The van der Waals surface area contributed by atoms with E-state index in [2.05, 4.69) is 10.1 Å². The second-order valence-electron chi connectivity index (χ2n) is 6.56. The Bertz CT molecular complexity index is 827. The molecule has 0 aliphatic carbocycles. The second kappa shape index (κ2) is 8.77. The molecule has 8 heteroatoms. The zero-order valence-corrected chi connectivity index (χ0v) is 15.3. The monoisotopic (exact) mass is 395 g/mol. The van der Waals surface area contributed by atoms with Gasteiger partial charge in [0, 0.05) is 5.69 Å². The summed E-state index contributed by atoms with van der Waals surface area (Å²) in [4.78, 5) is 23.7. The number of aliphatic carboxylic acids is 1. The lowest BCUT2D eigenvalue weighted by Crippen LogP contribution is -2.27. The fourth-order valence-electron chi connectivity index (χ4n) is 2.92. The van der Waals surface area contributed by atoms with E-state index in [1.54, 1.807) is 0 Å². The normalized spacial score (nSPS) is 12.3. The van der Waals surface area contributed by atoms with Crippen LogP contribution in [0.1, 0.15) is 23.1 Å². The molecule has 0 fully saturated rings. The van der Waals surface area contributed by atoms with Crippen LogP contribution in [0.15, 0.2) is 42.5 Å². The lowest BCUT2D eigenvalue weighted by Gasteiger charge is -2.16. The van der Waals surface area contributed by atoms with Crippen LogP contribution in [0, 0.1) is 19.8 Å². The molecule has 0 saturated heterocycles. The van der Waals surface area contributed by atoms with Gasteiger partial charge in [-0.2, -0.15) is 0 Å². The maximum Gasteiger partial charge on any atom is 0.573 e. The summed E-state index contributed by atoms with van der Waals surface area (Å²) in [6.07, 6.45) is -4.94. The molecular weight excluding hydrogens is 375 g/mol. The number of aryl methyl sites for hydroxylation is 2. The summed E-state index contributed by atoms with van der Waals surface area (Å²) < 4.78 is 40.4. The van der Waals surface area contributed by atoms with Crippen molar-refractivity contribution < 1.29 is 32.6 Å². The van der Waals surface area contributed by atoms with E-state index in [4.69, 9.17) is 5.11 Å². The number of carbonyl (C=O) groups is 2. The van der Waals surface area contributed by atoms with Gasteiger partial charge in [-0.3, -0.25) is 9.59 Å². The van der Waals surface area contributed by atoms with Crippen LogP contribution in [-0.4, -0.2) is 23.3 Å². The number of halogens is 3. The van der Waals surface area contributed by atoms with Crippen LogP contribution in [0.4, 0.5) is 18.9 Å². The molecule has 2 aromatic carbocycles. The van der Waals surface area contributed by atoms with Gasteiger partial charge in [-0.25, -0.2) is 0 Å². The van der Waals surface area contributed by atoms with Crippen molar-refractivity contribution in [1.82, 2.24) is 0 Å². The van der Waals surface area contributed by atoms with Crippen molar-refractivity contribution >= 4 is 17.6 Å². The summed E-state index contributed by atoms with van der Waals surface area (Å²) in [6, 6.07) is 10.4. The van der Waals surface area contributed by atoms with Crippen molar-refractivity contribution in [2.45, 2.75) is 33.1 Å². The number of carbonyl (C=O) groups excluding carboxylic acids is 1. The van der Waals surface area contributed by atoms with Crippen LogP contribution in [-0.2, 0) is 16.0 Å². The highest BCUT2D eigenvalue weighted by Gasteiger charge is 2.31. The lowest BCUT2D eigenvalue weighted by molar-refractivity contribution is -0.274. The van der Waals surface area contributed by atoms with Gasteiger partial charge in [-0.1, -0.05) is 29.3 Å². The molecular formula is C20H20F3NO4. The van der Waals surface area contributed by atoms with Crippen LogP contribution in [0.25, 0.3) is 0 Å². The molecule has 2 rings (SSSR count). The standard InChI is InChI=1S/C20H20F3NO4/c1-12-7-13(2)9-14(8-12)10-15(11-18(25)26)19(27)24-16-3-5-17(6-4-16)28-20(21,22)23/h3-9,15H,10-11H2,1-2H3,(H,24,27)(H,25,26)/t15-/m1/s1. The van der Waals surface area contributed by atoms with E-state index in [1.807, 2.05) is 32.0 Å². The first kappa shape index (κ1) is 21.3. The summed E-state index contributed by atoms with van der Waals surface area (Å²) in [7, 11) is 0. The van der Waals surface area contributed by atoms with E-state index >= 15 is 0 Å². The van der Waals surface area contributed by atoms with Crippen LogP contribution < -0.4 is 10.1 Å². The molecule has 28 heavy (non-hydrogen) atoms. The Morgan fingerprint density at radius 2 is 1.64 bits per heavy atom. The molecule has 0 bridgehead atoms. The molecule has 1 amide bonds. The van der Waals surface area contributed by atoms with E-state index < -0.39 is 29.9 Å². The number of ether oxygens (including phenoxy) is 1. The van der Waals surface area contributed by atoms with Crippen molar-refractivity contribution in [3.8, 4) is 5.75 Å². The van der Waals surface area contributed by atoms with Crippen molar-refractivity contribution in [3.05, 3.63) is 59.2 Å². The minimum Gasteiger partial charge on any atom is -0.481 e. The van der Waals surface area contributed by atoms with Gasteiger partial charge in [0.05, 0.1) is 12.3 Å². The fraction of sp³-hybridized carbons (Fsp3) is 0.300. The zero-order valence-electron chi connectivity index (χ0n) is 15.3. The van der Waals surface area contributed by atoms with Gasteiger partial charge in [0.1, 0.15) is 5.75 Å². The van der Waals surface area contributed by atoms with E-state index in [1.165, 1.54) is 12.1 Å². The SMILES string of the molecule is Cc1cc(C)cc(C[C@H](CC(=O)O)C(=O)Nc2ccc(OC(F)(F)F)cc2)c1. The molecule has 0 spiro atoms. The van der Waals surface area contributed by atoms with Crippen molar-refractivity contribution in [2.24, 2.45) is 5.92 Å². The molecule has 0 saturated carbocycles. The first-order valence-electron chi connectivity index (χ1n) is 8.47. The van der Waals surface area contributed by atoms with Gasteiger partial charge >= 0.3 is 12.3 Å². The number of carboxylic acid groups (broad SMARTS) is 1. The number of hydrogen-bond donors (Lipinski definition) is 2. The number of amides is 1. The summed E-state index contributed by atoms with van der Waals surface area (Å²) in [5.74, 6) is -2.88. The molecule has 2 N–H and O–H groups in total. The number of carboxylic acids is 1. The third kappa shape index (κ3) is 6.94. The number of nitrogens with one attached hydrogen (secondary N) is 1. The third-order valence-electron chi connectivity index (χ3n) is 3.91. The smallest absolute Gasteiger partial charge is 0.481 e. The van der Waals surface area contributed by atoms with Crippen LogP contribution >= 0.6 is 0 Å². The van der Waals surface area contributed by atoms with E-state index in [0.29, 0.717) is 0 Å². The second-order valence-corrected chi connectivity index (χ2v) is 6.56. The highest BCUT2D eigenvalue weighted by Crippen LogP contribution is 2.24. The summed E-state index contributed by atoms with van der Waals surface area (Å²) in [5, 5.41) is 11.7. The first-order valence-corrected chi connectivity index (χ1v) is 8.47. The number of hydrogen-bond acceptors (Lipinski definition) is 3. The molecule has 0 aliphatic rings. The highest BCUT2D eigenvalue weighted by molar-refractivity contribution is 5.94. The highest BCUT2D eigenvalue weighted by atomic mass is 19.4.